The lowest BCUT2D eigenvalue weighted by molar-refractivity contribution is 0.421. The van der Waals surface area contributed by atoms with Crippen LogP contribution in [-0.2, 0) is 13.6 Å². The van der Waals surface area contributed by atoms with Gasteiger partial charge >= 0.3 is 0 Å². The number of rotatable bonds is 3. The first kappa shape index (κ1) is 13.7. The summed E-state index contributed by atoms with van der Waals surface area (Å²) in [4.78, 5) is 9.02. The summed E-state index contributed by atoms with van der Waals surface area (Å²) in [5.41, 5.74) is 2.83. The van der Waals surface area contributed by atoms with Crippen LogP contribution in [0.25, 0.3) is 11.5 Å². The number of aromatic nitrogens is 4. The second-order valence-corrected chi connectivity index (χ2v) is 5.80. The number of nitrogens with one attached hydrogen (secondary N) is 1. The Bertz CT molecular complexity index is 565. The van der Waals surface area contributed by atoms with Crippen LogP contribution in [0, 0.1) is 6.92 Å². The van der Waals surface area contributed by atoms with Gasteiger partial charge in [-0.2, -0.15) is 5.10 Å². The van der Waals surface area contributed by atoms with Crippen molar-refractivity contribution in [1.82, 2.24) is 25.1 Å². The summed E-state index contributed by atoms with van der Waals surface area (Å²) in [5, 5.41) is 7.78. The predicted octanol–water partition coefficient (Wildman–Crippen LogP) is 2.07. The Kier molecular flexibility index (Phi) is 3.66. The zero-order valence-corrected chi connectivity index (χ0v) is 12.2. The van der Waals surface area contributed by atoms with Gasteiger partial charge in [0.15, 0.2) is 5.82 Å². The maximum absolute atomic E-state index is 4.57. The predicted molar refractivity (Wildman–Crippen MR) is 75.6 cm³/mol. The molecule has 0 fully saturated rings. The van der Waals surface area contributed by atoms with Gasteiger partial charge in [0.1, 0.15) is 5.69 Å². The Morgan fingerprint density at radius 1 is 1.26 bits per heavy atom. The number of hydrogen-bond donors (Lipinski definition) is 1. The molecule has 2 aromatic rings. The number of nitrogens with zero attached hydrogens (tertiary/aromatic N) is 4. The summed E-state index contributed by atoms with van der Waals surface area (Å²) < 4.78 is 1.76. The average molecular weight is 259 g/mol. The molecule has 5 heteroatoms. The van der Waals surface area contributed by atoms with Crippen LogP contribution in [-0.4, -0.2) is 25.3 Å². The van der Waals surface area contributed by atoms with Gasteiger partial charge in [-0.15, -0.1) is 0 Å². The molecular formula is C14H21N5. The molecular weight excluding hydrogens is 238 g/mol. The molecule has 0 spiro atoms. The van der Waals surface area contributed by atoms with Crippen molar-refractivity contribution in [3.8, 4) is 11.5 Å². The van der Waals surface area contributed by atoms with Gasteiger partial charge in [-0.1, -0.05) is 0 Å². The molecule has 2 rings (SSSR count). The van der Waals surface area contributed by atoms with Crippen molar-refractivity contribution in [2.75, 3.05) is 0 Å². The van der Waals surface area contributed by atoms with E-state index in [-0.39, 0.29) is 5.54 Å². The van der Waals surface area contributed by atoms with Crippen LogP contribution in [0.3, 0.4) is 0 Å². The minimum atomic E-state index is 0.0734. The highest BCUT2D eigenvalue weighted by molar-refractivity contribution is 5.48. The van der Waals surface area contributed by atoms with Crippen molar-refractivity contribution in [2.45, 2.75) is 39.8 Å². The minimum absolute atomic E-state index is 0.0734. The topological polar surface area (TPSA) is 55.6 Å². The van der Waals surface area contributed by atoms with Gasteiger partial charge in [-0.25, -0.2) is 9.97 Å². The van der Waals surface area contributed by atoms with Gasteiger partial charge in [0.05, 0.1) is 5.69 Å². The SMILES string of the molecule is Cc1cc(CNC(C)(C)C)nc(-c2ccn(C)n2)n1. The summed E-state index contributed by atoms with van der Waals surface area (Å²) in [5.74, 6) is 0.686. The lowest BCUT2D eigenvalue weighted by Gasteiger charge is -2.20. The Morgan fingerprint density at radius 3 is 2.58 bits per heavy atom. The Morgan fingerprint density at radius 2 is 2.00 bits per heavy atom. The van der Waals surface area contributed by atoms with E-state index in [2.05, 4.69) is 41.2 Å². The molecule has 0 aliphatic rings. The van der Waals surface area contributed by atoms with Crippen LogP contribution in [0.4, 0.5) is 0 Å². The molecule has 0 aromatic carbocycles. The van der Waals surface area contributed by atoms with Crippen molar-refractivity contribution in [1.29, 1.82) is 0 Å². The highest BCUT2D eigenvalue weighted by Gasteiger charge is 2.11. The molecule has 2 aromatic heterocycles. The largest absolute Gasteiger partial charge is 0.306 e. The zero-order chi connectivity index (χ0) is 14.0. The summed E-state index contributed by atoms with van der Waals surface area (Å²) in [6.45, 7) is 9.13. The third-order valence-corrected chi connectivity index (χ3v) is 2.65. The van der Waals surface area contributed by atoms with E-state index in [0.29, 0.717) is 5.82 Å². The normalized spacial score (nSPS) is 11.8. The third kappa shape index (κ3) is 3.86. The second kappa shape index (κ2) is 5.09. The van der Waals surface area contributed by atoms with Crippen molar-refractivity contribution >= 4 is 0 Å². The fraction of sp³-hybridized carbons (Fsp3) is 0.500. The van der Waals surface area contributed by atoms with Crippen molar-refractivity contribution in [2.24, 2.45) is 7.05 Å². The fourth-order valence-corrected chi connectivity index (χ4v) is 1.73. The smallest absolute Gasteiger partial charge is 0.180 e. The van der Waals surface area contributed by atoms with Gasteiger partial charge < -0.3 is 5.32 Å². The second-order valence-electron chi connectivity index (χ2n) is 5.80. The van der Waals surface area contributed by atoms with E-state index in [1.165, 1.54) is 0 Å². The van der Waals surface area contributed by atoms with Gasteiger partial charge in [0.2, 0.25) is 0 Å². The van der Waals surface area contributed by atoms with Gasteiger partial charge in [0.25, 0.3) is 0 Å². The summed E-state index contributed by atoms with van der Waals surface area (Å²) in [6, 6.07) is 3.93. The van der Waals surface area contributed by atoms with E-state index in [9.17, 15) is 0 Å². The third-order valence-electron chi connectivity index (χ3n) is 2.65. The molecule has 0 saturated heterocycles. The summed E-state index contributed by atoms with van der Waals surface area (Å²) in [6.07, 6.45) is 1.90. The van der Waals surface area contributed by atoms with Gasteiger partial charge in [-0.05, 0) is 39.8 Å². The van der Waals surface area contributed by atoms with E-state index in [1.54, 1.807) is 4.68 Å². The Balaban J connectivity index is 2.25. The summed E-state index contributed by atoms with van der Waals surface area (Å²) in [7, 11) is 1.89. The molecule has 2 heterocycles. The molecule has 0 amide bonds. The monoisotopic (exact) mass is 259 g/mol. The molecule has 102 valence electrons. The molecule has 5 nitrogen and oxygen atoms in total. The summed E-state index contributed by atoms with van der Waals surface area (Å²) >= 11 is 0. The lowest BCUT2D eigenvalue weighted by Crippen LogP contribution is -2.35. The number of aryl methyl sites for hydroxylation is 2. The van der Waals surface area contributed by atoms with Crippen molar-refractivity contribution in [3.63, 3.8) is 0 Å². The average Bonchev–Trinajstić information content (AvgIpc) is 2.72. The van der Waals surface area contributed by atoms with Crippen molar-refractivity contribution in [3.05, 3.63) is 29.7 Å². The van der Waals surface area contributed by atoms with Crippen LogP contribution in [0.15, 0.2) is 18.3 Å². The molecule has 0 aliphatic carbocycles. The molecule has 0 bridgehead atoms. The molecule has 0 saturated carbocycles. The van der Waals surface area contributed by atoms with Gasteiger partial charge in [0, 0.05) is 31.0 Å². The van der Waals surface area contributed by atoms with E-state index >= 15 is 0 Å². The number of hydrogen-bond acceptors (Lipinski definition) is 4. The van der Waals surface area contributed by atoms with E-state index < -0.39 is 0 Å². The Hall–Kier alpha value is -1.75. The minimum Gasteiger partial charge on any atom is -0.306 e. The molecule has 19 heavy (non-hydrogen) atoms. The maximum Gasteiger partial charge on any atom is 0.180 e. The van der Waals surface area contributed by atoms with Crippen LogP contribution in [0.5, 0.6) is 0 Å². The maximum atomic E-state index is 4.57. The zero-order valence-electron chi connectivity index (χ0n) is 12.2. The van der Waals surface area contributed by atoms with E-state index in [4.69, 9.17) is 0 Å². The van der Waals surface area contributed by atoms with Gasteiger partial charge in [-0.3, -0.25) is 4.68 Å². The standard InChI is InChI=1S/C14H21N5/c1-10-8-11(9-15-14(2,3)4)17-13(16-10)12-6-7-19(5)18-12/h6-8,15H,9H2,1-5H3. The van der Waals surface area contributed by atoms with Crippen molar-refractivity contribution < 1.29 is 0 Å². The van der Waals surface area contributed by atoms with Crippen LogP contribution < -0.4 is 5.32 Å². The van der Waals surface area contributed by atoms with E-state index in [1.807, 2.05) is 32.3 Å². The molecule has 0 aliphatic heterocycles. The highest BCUT2D eigenvalue weighted by Crippen LogP contribution is 2.13. The van der Waals surface area contributed by atoms with Crippen LogP contribution >= 0.6 is 0 Å². The molecule has 0 unspecified atom stereocenters. The van der Waals surface area contributed by atoms with Crippen LogP contribution in [0.2, 0.25) is 0 Å². The Labute approximate surface area is 114 Å². The van der Waals surface area contributed by atoms with E-state index in [0.717, 1.165) is 23.6 Å². The molecule has 1 N–H and O–H groups in total. The highest BCUT2D eigenvalue weighted by atomic mass is 15.3. The first-order chi connectivity index (χ1) is 8.83. The lowest BCUT2D eigenvalue weighted by atomic mass is 10.1. The first-order valence-electron chi connectivity index (χ1n) is 6.43. The van der Waals surface area contributed by atoms with Crippen LogP contribution in [0.1, 0.15) is 32.2 Å². The fourth-order valence-electron chi connectivity index (χ4n) is 1.73. The molecule has 0 radical (unpaired) electrons. The quantitative estimate of drug-likeness (QED) is 0.917. The molecule has 0 atom stereocenters. The first-order valence-corrected chi connectivity index (χ1v) is 6.43.